The van der Waals surface area contributed by atoms with Crippen LogP contribution >= 0.6 is 0 Å². The van der Waals surface area contributed by atoms with E-state index in [4.69, 9.17) is 16.1 Å². The molecule has 180 valence electrons. The van der Waals surface area contributed by atoms with Crippen LogP contribution in [0, 0.1) is 5.92 Å². The zero-order valence-corrected chi connectivity index (χ0v) is 19.2. The molecule has 1 saturated carbocycles. The maximum atomic E-state index is 13.9. The molecule has 11 heteroatoms. The Bertz CT molecular complexity index is 1000. The lowest BCUT2D eigenvalue weighted by molar-refractivity contribution is -0.0117. The number of hydrogen-bond acceptors (Lipinski definition) is 9. The average Bonchev–Trinajstić information content (AvgIpc) is 3.48. The Labute approximate surface area is 192 Å². The number of likely N-dealkylation sites (N-methyl/N-ethyl adjacent to an activating group) is 1. The van der Waals surface area contributed by atoms with Gasteiger partial charge in [-0.25, -0.2) is 19.6 Å². The molecule has 4 rings (SSSR count). The maximum Gasteiger partial charge on any atom is 0.265 e. The highest BCUT2D eigenvalue weighted by Gasteiger charge is 2.36. The molecule has 1 aliphatic heterocycles. The molecule has 0 spiro atoms. The summed E-state index contributed by atoms with van der Waals surface area (Å²) in [4.78, 5) is 10.8. The third-order valence-corrected chi connectivity index (χ3v) is 6.07. The van der Waals surface area contributed by atoms with Crippen molar-refractivity contribution in [2.75, 3.05) is 36.9 Å². The molecule has 0 amide bonds. The van der Waals surface area contributed by atoms with Gasteiger partial charge in [0.1, 0.15) is 0 Å². The van der Waals surface area contributed by atoms with E-state index < -0.39 is 5.92 Å². The van der Waals surface area contributed by atoms with Crippen molar-refractivity contribution in [3.8, 4) is 0 Å². The fourth-order valence-electron chi connectivity index (χ4n) is 4.06. The number of hydrogen-bond donors (Lipinski definition) is 3. The number of aryl methyl sites for hydroxylation is 1. The summed E-state index contributed by atoms with van der Waals surface area (Å²) < 4.78 is 33.2. The molecule has 0 unspecified atom stereocenters. The van der Waals surface area contributed by atoms with Gasteiger partial charge in [-0.3, -0.25) is 0 Å². The fraction of sp³-hybridized carbons (Fsp3) is 0.591. The highest BCUT2D eigenvalue weighted by Crippen LogP contribution is 2.33. The van der Waals surface area contributed by atoms with E-state index in [0.717, 1.165) is 17.8 Å². The first-order chi connectivity index (χ1) is 15.8. The summed E-state index contributed by atoms with van der Waals surface area (Å²) in [5, 5.41) is 8.47. The predicted molar refractivity (Wildman–Crippen MR) is 122 cm³/mol. The molecular formula is C22H32F2N8O. The smallest absolute Gasteiger partial charge is 0.265 e. The van der Waals surface area contributed by atoms with E-state index in [1.807, 2.05) is 13.0 Å². The Hall–Kier alpha value is -2.95. The van der Waals surface area contributed by atoms with E-state index in [1.54, 1.807) is 18.0 Å². The molecule has 0 aromatic carbocycles. The largest absolute Gasteiger partial charge is 0.395 e. The molecule has 2 aliphatic rings. The van der Waals surface area contributed by atoms with Crippen molar-refractivity contribution in [1.82, 2.24) is 20.1 Å². The second-order valence-electron chi connectivity index (χ2n) is 8.88. The molecule has 3 heterocycles. The van der Waals surface area contributed by atoms with E-state index in [0.29, 0.717) is 54.2 Å². The number of aromatic nitrogens is 3. The predicted octanol–water partition coefficient (Wildman–Crippen LogP) is 2.76. The van der Waals surface area contributed by atoms with Crippen LogP contribution in [-0.4, -0.2) is 52.7 Å². The average molecular weight is 463 g/mol. The number of piperidine rings is 1. The van der Waals surface area contributed by atoms with Gasteiger partial charge in [0, 0.05) is 26.4 Å². The van der Waals surface area contributed by atoms with Crippen molar-refractivity contribution >= 4 is 17.3 Å². The summed E-state index contributed by atoms with van der Waals surface area (Å²) in [6, 6.07) is 3.57. The van der Waals surface area contributed by atoms with Crippen LogP contribution < -0.4 is 21.8 Å². The van der Waals surface area contributed by atoms with Crippen LogP contribution in [0.5, 0.6) is 0 Å². The lowest BCUT2D eigenvalue weighted by Crippen LogP contribution is -2.43. The van der Waals surface area contributed by atoms with Crippen LogP contribution in [0.2, 0.25) is 0 Å². The fourth-order valence-corrected chi connectivity index (χ4v) is 4.06. The zero-order valence-electron chi connectivity index (χ0n) is 19.2. The summed E-state index contributed by atoms with van der Waals surface area (Å²) in [5.74, 6) is 5.00. The van der Waals surface area contributed by atoms with Crippen molar-refractivity contribution in [3.05, 3.63) is 35.1 Å². The molecule has 1 saturated heterocycles. The molecule has 0 bridgehead atoms. The summed E-state index contributed by atoms with van der Waals surface area (Å²) in [6.45, 7) is 2.51. The number of rotatable bonds is 9. The Morgan fingerprint density at radius 1 is 1.33 bits per heavy atom. The van der Waals surface area contributed by atoms with Gasteiger partial charge in [0.15, 0.2) is 0 Å². The number of pyridine rings is 1. The lowest BCUT2D eigenvalue weighted by atomic mass is 10.1. The van der Waals surface area contributed by atoms with Crippen LogP contribution in [0.4, 0.5) is 20.4 Å². The van der Waals surface area contributed by atoms with Gasteiger partial charge in [0.2, 0.25) is 5.89 Å². The lowest BCUT2D eigenvalue weighted by Gasteiger charge is -2.35. The van der Waals surface area contributed by atoms with Crippen LogP contribution in [-0.2, 0) is 12.8 Å². The summed E-state index contributed by atoms with van der Waals surface area (Å²) in [7, 11) is 1.68. The SMILES string of the molecule is CCc1nc(/C(N)=C(\CNc2noc(CC3CC3)n2)N(C)N)ccc1N1CCCC(F)(F)C1. The van der Waals surface area contributed by atoms with Gasteiger partial charge in [-0.05, 0) is 48.9 Å². The highest BCUT2D eigenvalue weighted by atomic mass is 19.3. The molecule has 2 aromatic heterocycles. The van der Waals surface area contributed by atoms with Crippen molar-refractivity contribution in [1.29, 1.82) is 0 Å². The van der Waals surface area contributed by atoms with E-state index in [-0.39, 0.29) is 19.5 Å². The first-order valence-corrected chi connectivity index (χ1v) is 11.4. The Balaban J connectivity index is 1.51. The molecule has 2 fully saturated rings. The molecule has 1 aliphatic carbocycles. The normalized spacial score (nSPS) is 18.8. The molecule has 0 radical (unpaired) electrons. The molecule has 9 nitrogen and oxygen atoms in total. The van der Waals surface area contributed by atoms with Gasteiger partial charge < -0.3 is 25.5 Å². The van der Waals surface area contributed by atoms with E-state index in [9.17, 15) is 8.78 Å². The molecular weight excluding hydrogens is 430 g/mol. The number of halogens is 2. The van der Waals surface area contributed by atoms with Gasteiger partial charge in [-0.1, -0.05) is 6.92 Å². The minimum atomic E-state index is -2.68. The third-order valence-electron chi connectivity index (χ3n) is 6.07. The minimum Gasteiger partial charge on any atom is -0.395 e. The number of anilines is 2. The summed E-state index contributed by atoms with van der Waals surface area (Å²) in [5.41, 5.74) is 9.41. The Morgan fingerprint density at radius 2 is 2.12 bits per heavy atom. The Kier molecular flexibility index (Phi) is 6.68. The van der Waals surface area contributed by atoms with Crippen LogP contribution in [0.1, 0.15) is 49.9 Å². The van der Waals surface area contributed by atoms with E-state index in [1.165, 1.54) is 17.9 Å². The second-order valence-corrected chi connectivity index (χ2v) is 8.88. The second kappa shape index (κ2) is 9.50. The van der Waals surface area contributed by atoms with Gasteiger partial charge in [0.05, 0.1) is 41.6 Å². The third kappa shape index (κ3) is 5.70. The Morgan fingerprint density at radius 3 is 2.79 bits per heavy atom. The number of nitrogens with two attached hydrogens (primary N) is 2. The zero-order chi connectivity index (χ0) is 23.6. The number of hydrazine groups is 1. The molecule has 5 N–H and O–H groups in total. The topological polar surface area (TPSA) is 122 Å². The summed E-state index contributed by atoms with van der Waals surface area (Å²) >= 11 is 0. The monoisotopic (exact) mass is 462 g/mol. The van der Waals surface area contributed by atoms with Crippen molar-refractivity contribution in [2.24, 2.45) is 17.5 Å². The van der Waals surface area contributed by atoms with E-state index >= 15 is 0 Å². The van der Waals surface area contributed by atoms with Gasteiger partial charge >= 0.3 is 0 Å². The van der Waals surface area contributed by atoms with Crippen LogP contribution in [0.15, 0.2) is 22.4 Å². The summed E-state index contributed by atoms with van der Waals surface area (Å²) in [6.07, 6.45) is 4.18. The molecule has 0 atom stereocenters. The number of nitrogens with zero attached hydrogens (tertiary/aromatic N) is 5. The van der Waals surface area contributed by atoms with Crippen molar-refractivity contribution in [3.63, 3.8) is 0 Å². The van der Waals surface area contributed by atoms with Crippen LogP contribution in [0.25, 0.3) is 5.70 Å². The number of alkyl halides is 2. The minimum absolute atomic E-state index is 0.0756. The maximum absolute atomic E-state index is 13.9. The van der Waals surface area contributed by atoms with Gasteiger partial charge in [0.25, 0.3) is 11.9 Å². The highest BCUT2D eigenvalue weighted by molar-refractivity contribution is 5.66. The van der Waals surface area contributed by atoms with Gasteiger partial charge in [-0.15, -0.1) is 0 Å². The van der Waals surface area contributed by atoms with Crippen molar-refractivity contribution < 1.29 is 13.3 Å². The standard InChI is InChI=1S/C22H32F2N8O/c1-3-15-17(32-10-4-9-22(23,24)13-32)8-7-16(28-15)20(25)18(31(2)26)12-27-21-29-19(33-30-21)11-14-5-6-14/h7-8,14H,3-6,9-13,25-26H2,1-2H3,(H,27,30)/b20-18-. The van der Waals surface area contributed by atoms with Crippen molar-refractivity contribution in [2.45, 2.75) is 51.4 Å². The molecule has 33 heavy (non-hydrogen) atoms. The first kappa shape index (κ1) is 23.2. The van der Waals surface area contributed by atoms with Crippen LogP contribution in [0.3, 0.4) is 0 Å². The van der Waals surface area contributed by atoms with Gasteiger partial charge in [-0.2, -0.15) is 4.98 Å². The quantitative estimate of drug-likeness (QED) is 0.381. The number of nitrogens with one attached hydrogen (secondary N) is 1. The van der Waals surface area contributed by atoms with E-state index in [2.05, 4.69) is 20.4 Å². The first-order valence-electron chi connectivity index (χ1n) is 11.4. The molecule has 2 aromatic rings.